The second-order valence-electron chi connectivity index (χ2n) is 5.15. The van der Waals surface area contributed by atoms with Crippen LogP contribution in [0, 0.1) is 12.8 Å². The normalized spacial score (nSPS) is 17.4. The van der Waals surface area contributed by atoms with Gasteiger partial charge in [0.05, 0.1) is 0 Å². The van der Waals surface area contributed by atoms with Crippen molar-refractivity contribution in [2.45, 2.75) is 13.8 Å². The fourth-order valence-corrected chi connectivity index (χ4v) is 2.60. The minimum Gasteiger partial charge on any atom is -0.368 e. The van der Waals surface area contributed by atoms with E-state index < -0.39 is 0 Å². The maximum Gasteiger partial charge on any atom is 0.226 e. The van der Waals surface area contributed by atoms with Crippen LogP contribution in [-0.4, -0.2) is 42.9 Å². The molecule has 0 radical (unpaired) electrons. The van der Waals surface area contributed by atoms with Gasteiger partial charge in [-0.05, 0) is 18.6 Å². The number of alkyl halides is 1. The van der Waals surface area contributed by atoms with Crippen molar-refractivity contribution >= 4 is 23.2 Å². The maximum absolute atomic E-state index is 12.1. The van der Waals surface area contributed by atoms with Crippen LogP contribution in [0.15, 0.2) is 24.3 Å². The van der Waals surface area contributed by atoms with Crippen LogP contribution in [0.2, 0.25) is 0 Å². The van der Waals surface area contributed by atoms with Crippen LogP contribution in [0.1, 0.15) is 12.5 Å². The van der Waals surface area contributed by atoms with E-state index in [-0.39, 0.29) is 11.8 Å². The lowest BCUT2D eigenvalue weighted by atomic mass is 10.1. The Morgan fingerprint density at radius 3 is 2.47 bits per heavy atom. The minimum atomic E-state index is -0.0771. The molecule has 1 aromatic carbocycles. The van der Waals surface area contributed by atoms with Gasteiger partial charge in [-0.3, -0.25) is 4.79 Å². The van der Waals surface area contributed by atoms with Crippen LogP contribution in [0.5, 0.6) is 0 Å². The summed E-state index contributed by atoms with van der Waals surface area (Å²) in [7, 11) is 0. The second-order valence-corrected chi connectivity index (χ2v) is 5.46. The van der Waals surface area contributed by atoms with Crippen molar-refractivity contribution < 1.29 is 4.79 Å². The highest BCUT2D eigenvalue weighted by Gasteiger charge is 2.24. The Balaban J connectivity index is 1.96. The predicted molar refractivity (Wildman–Crippen MR) is 79.9 cm³/mol. The van der Waals surface area contributed by atoms with Crippen molar-refractivity contribution in [3.8, 4) is 0 Å². The lowest BCUT2D eigenvalue weighted by Gasteiger charge is -2.37. The molecule has 1 amide bonds. The quantitative estimate of drug-likeness (QED) is 0.795. The number of benzene rings is 1. The summed E-state index contributed by atoms with van der Waals surface area (Å²) < 4.78 is 0. The van der Waals surface area contributed by atoms with E-state index in [1.807, 2.05) is 11.8 Å². The standard InChI is InChI=1S/C15H21ClN2O/c1-12-5-3-4-6-14(12)17-7-9-18(10-8-17)15(19)13(2)11-16/h3-6,13H,7-11H2,1-2H3. The molecule has 1 aromatic rings. The number of carbonyl (C=O) groups is 1. The van der Waals surface area contributed by atoms with Gasteiger partial charge >= 0.3 is 0 Å². The first-order valence-electron chi connectivity index (χ1n) is 6.79. The number of aryl methyl sites for hydroxylation is 1. The Morgan fingerprint density at radius 2 is 1.89 bits per heavy atom. The Labute approximate surface area is 120 Å². The van der Waals surface area contributed by atoms with Gasteiger partial charge in [-0.1, -0.05) is 25.1 Å². The Bertz CT molecular complexity index is 442. The van der Waals surface area contributed by atoms with Gasteiger partial charge in [-0.2, -0.15) is 0 Å². The number of carbonyl (C=O) groups excluding carboxylic acids is 1. The molecule has 0 spiro atoms. The molecule has 0 N–H and O–H groups in total. The molecule has 1 aliphatic heterocycles. The molecule has 1 saturated heterocycles. The van der Waals surface area contributed by atoms with Gasteiger partial charge in [-0.15, -0.1) is 11.6 Å². The first kappa shape index (κ1) is 14.2. The van der Waals surface area contributed by atoms with Gasteiger partial charge < -0.3 is 9.80 Å². The van der Waals surface area contributed by atoms with Crippen LogP contribution in [0.25, 0.3) is 0 Å². The van der Waals surface area contributed by atoms with E-state index in [1.165, 1.54) is 11.3 Å². The van der Waals surface area contributed by atoms with Gasteiger partial charge in [-0.25, -0.2) is 0 Å². The van der Waals surface area contributed by atoms with Gasteiger partial charge in [0.2, 0.25) is 5.91 Å². The molecule has 1 heterocycles. The summed E-state index contributed by atoms with van der Waals surface area (Å²) in [5.74, 6) is 0.503. The monoisotopic (exact) mass is 280 g/mol. The lowest BCUT2D eigenvalue weighted by Crippen LogP contribution is -2.50. The number of hydrogen-bond donors (Lipinski definition) is 0. The van der Waals surface area contributed by atoms with Crippen molar-refractivity contribution in [1.29, 1.82) is 0 Å². The Morgan fingerprint density at radius 1 is 1.26 bits per heavy atom. The topological polar surface area (TPSA) is 23.6 Å². The molecule has 2 rings (SSSR count). The average Bonchev–Trinajstić information content (AvgIpc) is 2.46. The molecule has 3 nitrogen and oxygen atoms in total. The second kappa shape index (κ2) is 6.29. The number of rotatable bonds is 3. The molecule has 1 aliphatic rings. The highest BCUT2D eigenvalue weighted by molar-refractivity contribution is 6.19. The number of anilines is 1. The van der Waals surface area contributed by atoms with Gasteiger partial charge in [0.15, 0.2) is 0 Å². The van der Waals surface area contributed by atoms with Crippen molar-refractivity contribution in [2.75, 3.05) is 37.0 Å². The van der Waals surface area contributed by atoms with Crippen LogP contribution >= 0.6 is 11.6 Å². The lowest BCUT2D eigenvalue weighted by molar-refractivity contribution is -0.134. The van der Waals surface area contributed by atoms with Crippen molar-refractivity contribution in [1.82, 2.24) is 4.90 Å². The molecule has 1 atom stereocenters. The third-order valence-corrected chi connectivity index (χ3v) is 4.16. The molecule has 4 heteroatoms. The average molecular weight is 281 g/mol. The van der Waals surface area contributed by atoms with E-state index in [9.17, 15) is 4.79 Å². The SMILES string of the molecule is Cc1ccccc1N1CCN(C(=O)C(C)CCl)CC1. The first-order chi connectivity index (χ1) is 9.13. The molecular formula is C15H21ClN2O. The molecule has 1 unspecified atom stereocenters. The summed E-state index contributed by atoms with van der Waals surface area (Å²) in [6.45, 7) is 7.38. The fourth-order valence-electron chi connectivity index (χ4n) is 2.46. The van der Waals surface area contributed by atoms with E-state index in [1.54, 1.807) is 0 Å². The number of amides is 1. The predicted octanol–water partition coefficient (Wildman–Crippen LogP) is 2.52. The molecule has 1 fully saturated rings. The summed E-state index contributed by atoms with van der Waals surface area (Å²) >= 11 is 5.75. The number of piperazine rings is 1. The number of halogens is 1. The number of para-hydroxylation sites is 1. The van der Waals surface area contributed by atoms with Gasteiger partial charge in [0.25, 0.3) is 0 Å². The summed E-state index contributed by atoms with van der Waals surface area (Å²) in [6, 6.07) is 8.40. The van der Waals surface area contributed by atoms with E-state index >= 15 is 0 Å². The summed E-state index contributed by atoms with van der Waals surface area (Å²) in [6.07, 6.45) is 0. The smallest absolute Gasteiger partial charge is 0.226 e. The zero-order valence-electron chi connectivity index (χ0n) is 11.6. The van der Waals surface area contributed by atoms with Crippen LogP contribution in [-0.2, 0) is 4.79 Å². The Kier molecular flexibility index (Phi) is 4.70. The zero-order chi connectivity index (χ0) is 13.8. The van der Waals surface area contributed by atoms with Crippen LogP contribution in [0.3, 0.4) is 0 Å². The first-order valence-corrected chi connectivity index (χ1v) is 7.32. The number of hydrogen-bond acceptors (Lipinski definition) is 2. The molecule has 0 saturated carbocycles. The maximum atomic E-state index is 12.1. The van der Waals surface area contributed by atoms with E-state index in [0.29, 0.717) is 5.88 Å². The van der Waals surface area contributed by atoms with Gasteiger partial charge in [0, 0.05) is 43.7 Å². The summed E-state index contributed by atoms with van der Waals surface area (Å²) in [5.41, 5.74) is 2.57. The molecular weight excluding hydrogens is 260 g/mol. The fraction of sp³-hybridized carbons (Fsp3) is 0.533. The van der Waals surface area contributed by atoms with Crippen molar-refractivity contribution in [2.24, 2.45) is 5.92 Å². The zero-order valence-corrected chi connectivity index (χ0v) is 12.4. The summed E-state index contributed by atoms with van der Waals surface area (Å²) in [5, 5.41) is 0. The Hall–Kier alpha value is -1.22. The molecule has 19 heavy (non-hydrogen) atoms. The molecule has 0 bridgehead atoms. The molecule has 0 aliphatic carbocycles. The summed E-state index contributed by atoms with van der Waals surface area (Å²) in [4.78, 5) is 16.3. The highest BCUT2D eigenvalue weighted by atomic mass is 35.5. The van der Waals surface area contributed by atoms with Crippen molar-refractivity contribution in [3.63, 3.8) is 0 Å². The largest absolute Gasteiger partial charge is 0.368 e. The van der Waals surface area contributed by atoms with E-state index in [2.05, 4.69) is 36.1 Å². The van der Waals surface area contributed by atoms with E-state index in [4.69, 9.17) is 11.6 Å². The van der Waals surface area contributed by atoms with Crippen molar-refractivity contribution in [3.05, 3.63) is 29.8 Å². The number of nitrogens with zero attached hydrogens (tertiary/aromatic N) is 2. The third kappa shape index (κ3) is 3.21. The molecule has 104 valence electrons. The minimum absolute atomic E-state index is 0.0771. The van der Waals surface area contributed by atoms with Gasteiger partial charge in [0.1, 0.15) is 0 Å². The third-order valence-electron chi connectivity index (χ3n) is 3.70. The highest BCUT2D eigenvalue weighted by Crippen LogP contribution is 2.21. The molecule has 0 aromatic heterocycles. The van der Waals surface area contributed by atoms with E-state index in [0.717, 1.165) is 26.2 Å². The van der Waals surface area contributed by atoms with Crippen LogP contribution < -0.4 is 4.90 Å². The van der Waals surface area contributed by atoms with Crippen LogP contribution in [0.4, 0.5) is 5.69 Å².